The first-order valence-corrected chi connectivity index (χ1v) is 8.92. The summed E-state index contributed by atoms with van der Waals surface area (Å²) in [5.74, 6) is -0.0134. The second-order valence-electron chi connectivity index (χ2n) is 5.37. The van der Waals surface area contributed by atoms with Crippen LogP contribution in [0.4, 0.5) is 5.69 Å². The first-order chi connectivity index (χ1) is 11.8. The van der Waals surface area contributed by atoms with Crippen molar-refractivity contribution >= 4 is 38.2 Å². The Labute approximate surface area is 148 Å². The number of ether oxygens (including phenoxy) is 1. The number of nitro benzene ring substituents is 1. The van der Waals surface area contributed by atoms with Crippen LogP contribution >= 0.6 is 11.6 Å². The van der Waals surface area contributed by atoms with E-state index < -0.39 is 20.6 Å². The zero-order valence-corrected chi connectivity index (χ0v) is 14.8. The fraction of sp³-hybridized carbons (Fsp3) is 0.125. The van der Waals surface area contributed by atoms with Crippen LogP contribution in [-0.4, -0.2) is 24.4 Å². The predicted molar refractivity (Wildman–Crippen MR) is 93.9 cm³/mol. The molecule has 0 bridgehead atoms. The van der Waals surface area contributed by atoms with Crippen molar-refractivity contribution in [3.8, 4) is 5.75 Å². The van der Waals surface area contributed by atoms with E-state index in [1.807, 2.05) is 0 Å². The summed E-state index contributed by atoms with van der Waals surface area (Å²) in [6.07, 6.45) is 1.46. The van der Waals surface area contributed by atoms with Gasteiger partial charge in [-0.3, -0.25) is 10.1 Å². The van der Waals surface area contributed by atoms with Crippen LogP contribution in [0.1, 0.15) is 5.56 Å². The average Bonchev–Trinajstić information content (AvgIpc) is 2.91. The summed E-state index contributed by atoms with van der Waals surface area (Å²) in [6, 6.07) is 8.46. The molecule has 0 aliphatic heterocycles. The van der Waals surface area contributed by atoms with Crippen LogP contribution in [0.5, 0.6) is 5.75 Å². The topological polar surface area (TPSA) is 91.4 Å². The predicted octanol–water partition coefficient (Wildman–Crippen LogP) is 3.76. The Hall–Kier alpha value is -2.58. The summed E-state index contributed by atoms with van der Waals surface area (Å²) in [5, 5.41) is 12.3. The summed E-state index contributed by atoms with van der Waals surface area (Å²) in [6.45, 7) is 1.78. The van der Waals surface area contributed by atoms with Crippen LogP contribution in [0, 0.1) is 17.0 Å². The van der Waals surface area contributed by atoms with Crippen molar-refractivity contribution in [3.63, 3.8) is 0 Å². The van der Waals surface area contributed by atoms with Gasteiger partial charge >= 0.3 is 5.69 Å². The van der Waals surface area contributed by atoms with Crippen LogP contribution in [-0.2, 0) is 10.0 Å². The van der Waals surface area contributed by atoms with E-state index in [0.29, 0.717) is 10.5 Å². The number of rotatable bonds is 4. The number of methoxy groups -OCH3 is 1. The molecule has 0 amide bonds. The summed E-state index contributed by atoms with van der Waals surface area (Å²) in [4.78, 5) is 10.3. The van der Waals surface area contributed by atoms with Gasteiger partial charge in [0.2, 0.25) is 0 Å². The molecule has 0 aliphatic carbocycles. The number of fused-ring (bicyclic) bond motifs is 1. The van der Waals surface area contributed by atoms with Gasteiger partial charge in [0.05, 0.1) is 22.4 Å². The van der Waals surface area contributed by atoms with Gasteiger partial charge in [0.15, 0.2) is 5.75 Å². The van der Waals surface area contributed by atoms with Crippen molar-refractivity contribution in [2.75, 3.05) is 7.11 Å². The van der Waals surface area contributed by atoms with E-state index >= 15 is 0 Å². The molecule has 0 unspecified atom stereocenters. The van der Waals surface area contributed by atoms with Gasteiger partial charge < -0.3 is 4.74 Å². The van der Waals surface area contributed by atoms with Crippen LogP contribution in [0.25, 0.3) is 10.9 Å². The Morgan fingerprint density at radius 3 is 2.56 bits per heavy atom. The zero-order valence-electron chi connectivity index (χ0n) is 13.3. The van der Waals surface area contributed by atoms with Gasteiger partial charge in [-0.1, -0.05) is 17.7 Å². The largest absolute Gasteiger partial charge is 0.490 e. The maximum atomic E-state index is 13.0. The van der Waals surface area contributed by atoms with Gasteiger partial charge in [0.25, 0.3) is 10.0 Å². The van der Waals surface area contributed by atoms with E-state index in [1.54, 1.807) is 25.1 Å². The van der Waals surface area contributed by atoms with E-state index in [4.69, 9.17) is 16.3 Å². The first kappa shape index (κ1) is 17.2. The fourth-order valence-electron chi connectivity index (χ4n) is 2.62. The molecular weight excluding hydrogens is 368 g/mol. The third-order valence-corrected chi connectivity index (χ3v) is 5.74. The molecule has 0 aliphatic rings. The zero-order chi connectivity index (χ0) is 18.4. The molecule has 1 heterocycles. The van der Waals surface area contributed by atoms with Crippen molar-refractivity contribution < 1.29 is 18.1 Å². The minimum atomic E-state index is -4.04. The van der Waals surface area contributed by atoms with Gasteiger partial charge in [0, 0.05) is 22.7 Å². The molecule has 7 nitrogen and oxygen atoms in total. The highest BCUT2D eigenvalue weighted by Gasteiger charge is 2.25. The first-order valence-electron chi connectivity index (χ1n) is 7.11. The van der Waals surface area contributed by atoms with Crippen molar-refractivity contribution in [1.29, 1.82) is 0 Å². The Morgan fingerprint density at radius 2 is 1.92 bits per heavy atom. The smallest absolute Gasteiger partial charge is 0.312 e. The molecule has 130 valence electrons. The average molecular weight is 381 g/mol. The third kappa shape index (κ3) is 2.83. The minimum absolute atomic E-state index is 0.0134. The quantitative estimate of drug-likeness (QED) is 0.507. The molecule has 0 saturated heterocycles. The standard InChI is InChI=1S/C16H13ClN2O5S/c1-10-9-18(14-7-11(17)3-5-13(10)14)25(22,23)12-4-6-16(24-2)15(8-12)19(20)21/h3-9H,1-2H3. The van der Waals surface area contributed by atoms with E-state index in [0.717, 1.165) is 21.0 Å². The molecule has 0 fully saturated rings. The highest BCUT2D eigenvalue weighted by molar-refractivity contribution is 7.90. The number of nitrogens with zero attached hydrogens (tertiary/aromatic N) is 2. The SMILES string of the molecule is COc1ccc(S(=O)(=O)n2cc(C)c3ccc(Cl)cc32)cc1[N+](=O)[O-]. The third-order valence-electron chi connectivity index (χ3n) is 3.84. The monoisotopic (exact) mass is 380 g/mol. The number of hydrogen-bond acceptors (Lipinski definition) is 5. The second kappa shape index (κ2) is 6.05. The number of halogens is 1. The molecule has 3 rings (SSSR count). The molecular formula is C16H13ClN2O5S. The van der Waals surface area contributed by atoms with Crippen molar-refractivity contribution in [2.45, 2.75) is 11.8 Å². The lowest BCUT2D eigenvalue weighted by Gasteiger charge is -2.09. The fourth-order valence-corrected chi connectivity index (χ4v) is 4.22. The lowest BCUT2D eigenvalue weighted by Crippen LogP contribution is -2.12. The number of hydrogen-bond donors (Lipinski definition) is 0. The van der Waals surface area contributed by atoms with Gasteiger partial charge in [-0.25, -0.2) is 12.4 Å². The summed E-state index contributed by atoms with van der Waals surface area (Å²) in [5.41, 5.74) is 0.733. The van der Waals surface area contributed by atoms with Gasteiger partial charge in [0.1, 0.15) is 0 Å². The maximum absolute atomic E-state index is 13.0. The lowest BCUT2D eigenvalue weighted by molar-refractivity contribution is -0.386. The Balaban J connectivity index is 2.26. The maximum Gasteiger partial charge on any atom is 0.312 e. The molecule has 1 aromatic heterocycles. The summed E-state index contributed by atoms with van der Waals surface area (Å²) in [7, 11) is -2.77. The minimum Gasteiger partial charge on any atom is -0.490 e. The molecule has 0 saturated carbocycles. The van der Waals surface area contributed by atoms with Gasteiger partial charge in [-0.2, -0.15) is 0 Å². The molecule has 0 radical (unpaired) electrons. The van der Waals surface area contributed by atoms with E-state index in [1.165, 1.54) is 25.4 Å². The number of aromatic nitrogens is 1. The van der Waals surface area contributed by atoms with Crippen molar-refractivity contribution in [3.05, 3.63) is 63.3 Å². The number of aryl methyl sites for hydroxylation is 1. The normalized spacial score (nSPS) is 11.6. The highest BCUT2D eigenvalue weighted by atomic mass is 35.5. The molecule has 3 aromatic rings. The summed E-state index contributed by atoms with van der Waals surface area (Å²) >= 11 is 5.99. The van der Waals surface area contributed by atoms with Crippen LogP contribution in [0.15, 0.2) is 47.5 Å². The van der Waals surface area contributed by atoms with E-state index in [2.05, 4.69) is 0 Å². The summed E-state index contributed by atoms with van der Waals surface area (Å²) < 4.78 is 32.0. The van der Waals surface area contributed by atoms with Crippen molar-refractivity contribution in [1.82, 2.24) is 3.97 Å². The van der Waals surface area contributed by atoms with Crippen LogP contribution in [0.3, 0.4) is 0 Å². The molecule has 9 heteroatoms. The van der Waals surface area contributed by atoms with Crippen LogP contribution < -0.4 is 4.74 Å². The lowest BCUT2D eigenvalue weighted by atomic mass is 10.2. The molecule has 2 aromatic carbocycles. The second-order valence-corrected chi connectivity index (χ2v) is 7.62. The molecule has 0 atom stereocenters. The Bertz CT molecular complexity index is 1110. The number of nitro groups is 1. The van der Waals surface area contributed by atoms with Gasteiger partial charge in [-0.15, -0.1) is 0 Å². The molecule has 25 heavy (non-hydrogen) atoms. The van der Waals surface area contributed by atoms with Crippen LogP contribution in [0.2, 0.25) is 5.02 Å². The van der Waals surface area contributed by atoms with E-state index in [9.17, 15) is 18.5 Å². The van der Waals surface area contributed by atoms with E-state index in [-0.39, 0.29) is 10.6 Å². The van der Waals surface area contributed by atoms with Crippen molar-refractivity contribution in [2.24, 2.45) is 0 Å². The van der Waals surface area contributed by atoms with Gasteiger partial charge in [-0.05, 0) is 36.8 Å². The molecule has 0 N–H and O–H groups in total. The Morgan fingerprint density at radius 1 is 1.20 bits per heavy atom. The number of benzene rings is 2. The highest BCUT2D eigenvalue weighted by Crippen LogP contribution is 2.32. The Kier molecular flexibility index (Phi) is 4.18. The molecule has 0 spiro atoms.